The van der Waals surface area contributed by atoms with Crippen LogP contribution in [-0.2, 0) is 0 Å². The van der Waals surface area contributed by atoms with Gasteiger partial charge in [0.05, 0.1) is 0 Å². The van der Waals surface area contributed by atoms with Gasteiger partial charge in [-0.05, 0) is 37.6 Å². The highest BCUT2D eigenvalue weighted by Gasteiger charge is 2.26. The molecule has 15 heavy (non-hydrogen) atoms. The quantitative estimate of drug-likeness (QED) is 0.735. The minimum Gasteiger partial charge on any atom is -0.328 e. The van der Waals surface area contributed by atoms with Crippen LogP contribution in [0, 0.1) is 11.3 Å². The van der Waals surface area contributed by atoms with Crippen molar-refractivity contribution in [2.75, 3.05) is 13.1 Å². The summed E-state index contributed by atoms with van der Waals surface area (Å²) in [6.45, 7) is 8.97. The standard InChI is InChI=1S/C13H28N2/c1-11(12(2)14)9-15-10-13(3)7-5-4-6-8-13/h11-12,15H,4-10,14H2,1-3H3. The minimum atomic E-state index is 0.302. The smallest absolute Gasteiger partial charge is 0.00482 e. The molecule has 1 fully saturated rings. The second-order valence-electron chi connectivity index (χ2n) is 5.84. The Balaban J connectivity index is 2.18. The first-order valence-corrected chi connectivity index (χ1v) is 6.50. The predicted octanol–water partition coefficient (Wildman–Crippen LogP) is 2.53. The Bertz CT molecular complexity index is 171. The van der Waals surface area contributed by atoms with E-state index >= 15 is 0 Å². The topological polar surface area (TPSA) is 38.0 Å². The van der Waals surface area contributed by atoms with Gasteiger partial charge in [-0.3, -0.25) is 0 Å². The second-order valence-corrected chi connectivity index (χ2v) is 5.84. The molecule has 2 nitrogen and oxygen atoms in total. The van der Waals surface area contributed by atoms with E-state index in [2.05, 4.69) is 26.1 Å². The molecule has 0 aromatic carbocycles. The third kappa shape index (κ3) is 4.52. The minimum absolute atomic E-state index is 0.302. The van der Waals surface area contributed by atoms with Crippen molar-refractivity contribution in [2.45, 2.75) is 58.9 Å². The lowest BCUT2D eigenvalue weighted by Crippen LogP contribution is -2.39. The second kappa shape index (κ2) is 5.86. The Morgan fingerprint density at radius 2 is 1.80 bits per heavy atom. The summed E-state index contributed by atoms with van der Waals surface area (Å²) in [6, 6.07) is 0.302. The molecule has 0 spiro atoms. The van der Waals surface area contributed by atoms with Gasteiger partial charge in [-0.2, -0.15) is 0 Å². The van der Waals surface area contributed by atoms with Crippen molar-refractivity contribution >= 4 is 0 Å². The maximum Gasteiger partial charge on any atom is 0.00482 e. The summed E-state index contributed by atoms with van der Waals surface area (Å²) < 4.78 is 0. The molecule has 2 heteroatoms. The molecular formula is C13H28N2. The highest BCUT2D eigenvalue weighted by Crippen LogP contribution is 2.34. The molecule has 3 N–H and O–H groups in total. The Kier molecular flexibility index (Phi) is 5.07. The zero-order valence-corrected chi connectivity index (χ0v) is 10.7. The third-order valence-electron chi connectivity index (χ3n) is 3.98. The number of nitrogens with one attached hydrogen (secondary N) is 1. The molecular weight excluding hydrogens is 184 g/mol. The van der Waals surface area contributed by atoms with Gasteiger partial charge in [0.1, 0.15) is 0 Å². The SMILES string of the molecule is CC(N)C(C)CNCC1(C)CCCCC1. The molecule has 2 atom stereocenters. The first-order valence-electron chi connectivity index (χ1n) is 6.50. The van der Waals surface area contributed by atoms with Crippen molar-refractivity contribution in [3.8, 4) is 0 Å². The average Bonchev–Trinajstić information content (AvgIpc) is 2.18. The summed E-state index contributed by atoms with van der Waals surface area (Å²) >= 11 is 0. The molecule has 0 aliphatic heterocycles. The van der Waals surface area contributed by atoms with Crippen molar-refractivity contribution in [3.63, 3.8) is 0 Å². The summed E-state index contributed by atoms with van der Waals surface area (Å²) in [5.74, 6) is 0.581. The maximum atomic E-state index is 5.85. The van der Waals surface area contributed by atoms with Crippen LogP contribution in [0.25, 0.3) is 0 Å². The van der Waals surface area contributed by atoms with Crippen LogP contribution in [-0.4, -0.2) is 19.1 Å². The first kappa shape index (κ1) is 13.0. The summed E-state index contributed by atoms with van der Waals surface area (Å²) in [5, 5.41) is 3.60. The van der Waals surface area contributed by atoms with Gasteiger partial charge in [0, 0.05) is 12.6 Å². The van der Waals surface area contributed by atoms with Crippen molar-refractivity contribution < 1.29 is 0 Å². The molecule has 2 unspecified atom stereocenters. The number of rotatable bonds is 5. The number of hydrogen-bond acceptors (Lipinski definition) is 2. The fourth-order valence-electron chi connectivity index (χ4n) is 2.37. The highest BCUT2D eigenvalue weighted by molar-refractivity contribution is 4.81. The van der Waals surface area contributed by atoms with Crippen LogP contribution in [0.15, 0.2) is 0 Å². The molecule has 0 bridgehead atoms. The van der Waals surface area contributed by atoms with Crippen LogP contribution in [0.4, 0.5) is 0 Å². The zero-order chi connectivity index (χ0) is 11.3. The molecule has 0 radical (unpaired) electrons. The molecule has 1 aliphatic carbocycles. The van der Waals surface area contributed by atoms with E-state index in [-0.39, 0.29) is 0 Å². The van der Waals surface area contributed by atoms with E-state index in [1.54, 1.807) is 0 Å². The maximum absolute atomic E-state index is 5.85. The monoisotopic (exact) mass is 212 g/mol. The molecule has 1 aliphatic rings. The highest BCUT2D eigenvalue weighted by atomic mass is 14.9. The fraction of sp³-hybridized carbons (Fsp3) is 1.00. The van der Waals surface area contributed by atoms with Gasteiger partial charge in [-0.15, -0.1) is 0 Å². The van der Waals surface area contributed by atoms with Crippen molar-refractivity contribution in [3.05, 3.63) is 0 Å². The molecule has 0 heterocycles. The van der Waals surface area contributed by atoms with E-state index in [4.69, 9.17) is 5.73 Å². The molecule has 1 rings (SSSR count). The molecule has 0 aromatic rings. The van der Waals surface area contributed by atoms with Crippen LogP contribution in [0.2, 0.25) is 0 Å². The Morgan fingerprint density at radius 1 is 1.20 bits per heavy atom. The fourth-order valence-corrected chi connectivity index (χ4v) is 2.37. The lowest BCUT2D eigenvalue weighted by molar-refractivity contribution is 0.204. The molecule has 0 saturated heterocycles. The predicted molar refractivity (Wildman–Crippen MR) is 66.9 cm³/mol. The Labute approximate surface area is 95.0 Å². The van der Waals surface area contributed by atoms with Crippen LogP contribution in [0.3, 0.4) is 0 Å². The summed E-state index contributed by atoms with van der Waals surface area (Å²) in [6.07, 6.45) is 7.06. The lowest BCUT2D eigenvalue weighted by atomic mass is 9.75. The van der Waals surface area contributed by atoms with Gasteiger partial charge < -0.3 is 11.1 Å². The summed E-state index contributed by atoms with van der Waals surface area (Å²) in [5.41, 5.74) is 6.40. The van der Waals surface area contributed by atoms with Gasteiger partial charge in [0.2, 0.25) is 0 Å². The first-order chi connectivity index (χ1) is 7.03. The van der Waals surface area contributed by atoms with E-state index in [1.165, 1.54) is 38.6 Å². The van der Waals surface area contributed by atoms with Crippen molar-refractivity contribution in [1.82, 2.24) is 5.32 Å². The summed E-state index contributed by atoms with van der Waals surface area (Å²) in [4.78, 5) is 0. The molecule has 1 saturated carbocycles. The van der Waals surface area contributed by atoms with E-state index in [9.17, 15) is 0 Å². The number of nitrogens with two attached hydrogens (primary N) is 1. The van der Waals surface area contributed by atoms with E-state index in [0.717, 1.165) is 6.54 Å². The van der Waals surface area contributed by atoms with Gasteiger partial charge in [-0.1, -0.05) is 33.1 Å². The van der Waals surface area contributed by atoms with E-state index < -0.39 is 0 Å². The van der Waals surface area contributed by atoms with Gasteiger partial charge >= 0.3 is 0 Å². The van der Waals surface area contributed by atoms with Gasteiger partial charge in [0.15, 0.2) is 0 Å². The van der Waals surface area contributed by atoms with Crippen LogP contribution >= 0.6 is 0 Å². The Hall–Kier alpha value is -0.0800. The van der Waals surface area contributed by atoms with Crippen LogP contribution in [0.1, 0.15) is 52.9 Å². The van der Waals surface area contributed by atoms with Crippen LogP contribution in [0.5, 0.6) is 0 Å². The van der Waals surface area contributed by atoms with Gasteiger partial charge in [-0.25, -0.2) is 0 Å². The van der Waals surface area contributed by atoms with Gasteiger partial charge in [0.25, 0.3) is 0 Å². The third-order valence-corrected chi connectivity index (χ3v) is 3.98. The summed E-state index contributed by atoms with van der Waals surface area (Å²) in [7, 11) is 0. The van der Waals surface area contributed by atoms with E-state index in [1.807, 2.05) is 0 Å². The van der Waals surface area contributed by atoms with Crippen molar-refractivity contribution in [2.24, 2.45) is 17.1 Å². The van der Waals surface area contributed by atoms with Crippen LogP contribution < -0.4 is 11.1 Å². The lowest BCUT2D eigenvalue weighted by Gasteiger charge is -2.34. The molecule has 90 valence electrons. The largest absolute Gasteiger partial charge is 0.328 e. The number of hydrogen-bond donors (Lipinski definition) is 2. The van der Waals surface area contributed by atoms with E-state index in [0.29, 0.717) is 17.4 Å². The van der Waals surface area contributed by atoms with Crippen molar-refractivity contribution in [1.29, 1.82) is 0 Å². The zero-order valence-electron chi connectivity index (χ0n) is 10.7. The Morgan fingerprint density at radius 3 is 2.33 bits per heavy atom. The average molecular weight is 212 g/mol. The molecule has 0 aromatic heterocycles. The molecule has 0 amide bonds. The normalized spacial score (nSPS) is 24.8.